The summed E-state index contributed by atoms with van der Waals surface area (Å²) in [5, 5.41) is 5.90. The molecule has 0 spiro atoms. The molecule has 4 atom stereocenters. The Morgan fingerprint density at radius 1 is 1.07 bits per heavy atom. The zero-order valence-electron chi connectivity index (χ0n) is 24.7. The Hall–Kier alpha value is -3.32. The van der Waals surface area contributed by atoms with E-state index in [1.54, 1.807) is 20.8 Å². The summed E-state index contributed by atoms with van der Waals surface area (Å²) in [6.45, 7) is 5.51. The summed E-state index contributed by atoms with van der Waals surface area (Å²) in [6.07, 6.45) is 7.57. The molecule has 2 fully saturated rings. The molecule has 0 unspecified atom stereocenters. The van der Waals surface area contributed by atoms with E-state index in [0.717, 1.165) is 12.8 Å². The average molecular weight is 638 g/mol. The lowest BCUT2D eigenvalue weighted by Gasteiger charge is -2.30. The van der Waals surface area contributed by atoms with Crippen LogP contribution in [0, 0.1) is 5.92 Å². The number of hydrogen-bond donors (Lipinski definition) is 4. The van der Waals surface area contributed by atoms with Crippen LogP contribution in [0.25, 0.3) is 0 Å². The van der Waals surface area contributed by atoms with Crippen molar-refractivity contribution in [2.24, 2.45) is 5.92 Å². The van der Waals surface area contributed by atoms with Crippen molar-refractivity contribution >= 4 is 51.3 Å². The van der Waals surface area contributed by atoms with Crippen LogP contribution in [0.5, 0.6) is 0 Å². The molecule has 43 heavy (non-hydrogen) atoms. The molecule has 2 heterocycles. The topological polar surface area (TPSA) is 163 Å². The first-order valence-corrected chi connectivity index (χ1v) is 16.4. The van der Waals surface area contributed by atoms with Crippen LogP contribution in [0.2, 0.25) is 5.02 Å². The second-order valence-corrected chi connectivity index (χ2v) is 14.1. The predicted molar refractivity (Wildman–Crippen MR) is 161 cm³/mol. The van der Waals surface area contributed by atoms with Crippen LogP contribution in [0.1, 0.15) is 72.1 Å². The van der Waals surface area contributed by atoms with E-state index in [1.807, 2.05) is 12.2 Å². The highest BCUT2D eigenvalue weighted by Crippen LogP contribution is 2.45. The van der Waals surface area contributed by atoms with Crippen molar-refractivity contribution < 1.29 is 32.3 Å². The Labute approximate surface area is 257 Å². The summed E-state index contributed by atoms with van der Waals surface area (Å²) >= 11 is 5.87. The number of rotatable bonds is 5. The maximum absolute atomic E-state index is 13.7. The van der Waals surface area contributed by atoms with Gasteiger partial charge in [-0.1, -0.05) is 36.6 Å². The number of amides is 4. The number of anilines is 1. The number of hydrogen-bond acceptors (Lipinski definition) is 7. The molecule has 2 aliphatic heterocycles. The smallest absolute Gasteiger partial charge is 0.408 e. The van der Waals surface area contributed by atoms with E-state index in [9.17, 15) is 27.6 Å². The summed E-state index contributed by atoms with van der Waals surface area (Å²) in [4.78, 5) is 54.8. The second-order valence-electron chi connectivity index (χ2n) is 12.3. The largest absolute Gasteiger partial charge is 0.444 e. The van der Waals surface area contributed by atoms with Crippen molar-refractivity contribution in [3.63, 3.8) is 0 Å². The lowest BCUT2D eigenvalue weighted by molar-refractivity contribution is -0.141. The van der Waals surface area contributed by atoms with Gasteiger partial charge in [-0.05, 0) is 83.6 Å². The first-order chi connectivity index (χ1) is 20.2. The van der Waals surface area contributed by atoms with Gasteiger partial charge in [0.15, 0.2) is 0 Å². The number of fused-ring (bicyclic) bond motifs is 2. The lowest BCUT2D eigenvalue weighted by atomic mass is 10.0. The highest BCUT2D eigenvalue weighted by atomic mass is 35.5. The molecule has 1 saturated carbocycles. The third kappa shape index (κ3) is 8.62. The Bertz CT molecular complexity index is 1360. The van der Waals surface area contributed by atoms with Crippen LogP contribution in [-0.2, 0) is 29.3 Å². The average Bonchev–Trinajstić information content (AvgIpc) is 3.36. The SMILES string of the molecule is CC(C)(C)OC(=O)N[C@H]1CCCCCC=C[C@@H]2C[C@@]2(C(=O)NS(=O)(=O)Nc2ccc(Cl)cc2)NC(=O)[C@@H]2CCCN2C1=O. The number of allylic oxidation sites excluding steroid dienone is 1. The second kappa shape index (κ2) is 13.1. The van der Waals surface area contributed by atoms with Gasteiger partial charge in [0.05, 0.1) is 5.69 Å². The molecule has 1 aromatic carbocycles. The summed E-state index contributed by atoms with van der Waals surface area (Å²) in [7, 11) is -4.33. The van der Waals surface area contributed by atoms with Crippen molar-refractivity contribution in [1.29, 1.82) is 0 Å². The number of ether oxygens (including phenoxy) is 1. The van der Waals surface area contributed by atoms with Crippen molar-refractivity contribution in [1.82, 2.24) is 20.3 Å². The highest BCUT2D eigenvalue weighted by molar-refractivity contribution is 7.91. The lowest BCUT2D eigenvalue weighted by Crippen LogP contribution is -2.58. The number of nitrogens with zero attached hydrogens (tertiary/aromatic N) is 1. The van der Waals surface area contributed by atoms with E-state index in [-0.39, 0.29) is 12.1 Å². The molecule has 0 bridgehead atoms. The van der Waals surface area contributed by atoms with Crippen LogP contribution < -0.4 is 20.1 Å². The van der Waals surface area contributed by atoms with E-state index < -0.39 is 63.2 Å². The van der Waals surface area contributed by atoms with Crippen LogP contribution >= 0.6 is 11.6 Å². The Morgan fingerprint density at radius 3 is 2.49 bits per heavy atom. The Kier molecular flexibility index (Phi) is 9.95. The number of carbonyl (C=O) groups is 4. The van der Waals surface area contributed by atoms with E-state index in [4.69, 9.17) is 16.3 Å². The van der Waals surface area contributed by atoms with Crippen LogP contribution in [0.3, 0.4) is 0 Å². The number of nitrogens with one attached hydrogen (secondary N) is 4. The summed E-state index contributed by atoms with van der Waals surface area (Å²) in [5.41, 5.74) is -2.04. The predicted octanol–water partition coefficient (Wildman–Crippen LogP) is 3.39. The Balaban J connectivity index is 1.53. The first kappa shape index (κ1) is 32.6. The monoisotopic (exact) mass is 637 g/mol. The molecule has 0 aromatic heterocycles. The minimum absolute atomic E-state index is 0.204. The van der Waals surface area contributed by atoms with Crippen LogP contribution in [-0.4, -0.2) is 66.9 Å². The number of halogens is 1. The van der Waals surface area contributed by atoms with Gasteiger partial charge in [0.2, 0.25) is 11.8 Å². The highest BCUT2D eigenvalue weighted by Gasteiger charge is 2.61. The molecule has 1 aliphatic carbocycles. The number of carbonyl (C=O) groups excluding carboxylic acids is 4. The van der Waals surface area contributed by atoms with Crippen molar-refractivity contribution in [3.8, 4) is 0 Å². The van der Waals surface area contributed by atoms with Gasteiger partial charge in [-0.15, -0.1) is 0 Å². The van der Waals surface area contributed by atoms with E-state index in [2.05, 4.69) is 20.1 Å². The van der Waals surface area contributed by atoms with Crippen molar-refractivity contribution in [2.45, 2.75) is 95.4 Å². The normalized spacial score (nSPS) is 26.6. The van der Waals surface area contributed by atoms with Crippen LogP contribution in [0.4, 0.5) is 10.5 Å². The molecule has 4 rings (SSSR count). The fourth-order valence-electron chi connectivity index (χ4n) is 5.46. The number of alkyl carbamates (subject to hydrolysis) is 1. The molecule has 14 heteroatoms. The molecular formula is C29H40ClN5O7S. The molecule has 4 amide bonds. The van der Waals surface area contributed by atoms with Gasteiger partial charge in [0.25, 0.3) is 5.91 Å². The molecule has 12 nitrogen and oxygen atoms in total. The zero-order chi connectivity index (χ0) is 31.4. The van der Waals surface area contributed by atoms with Gasteiger partial charge in [-0.3, -0.25) is 19.1 Å². The first-order valence-electron chi connectivity index (χ1n) is 14.6. The zero-order valence-corrected chi connectivity index (χ0v) is 26.2. The maximum atomic E-state index is 13.7. The van der Waals surface area contributed by atoms with Crippen molar-refractivity contribution in [2.75, 3.05) is 11.3 Å². The molecule has 236 valence electrons. The fourth-order valence-corrected chi connectivity index (χ4v) is 6.50. The van der Waals surface area contributed by atoms with Gasteiger partial charge in [0, 0.05) is 17.5 Å². The number of benzene rings is 1. The van der Waals surface area contributed by atoms with Crippen molar-refractivity contribution in [3.05, 3.63) is 41.4 Å². The quantitative estimate of drug-likeness (QED) is 0.360. The van der Waals surface area contributed by atoms with E-state index in [0.29, 0.717) is 43.7 Å². The third-order valence-corrected chi connectivity index (χ3v) is 8.86. The molecular weight excluding hydrogens is 598 g/mol. The molecule has 0 radical (unpaired) electrons. The fraction of sp³-hybridized carbons (Fsp3) is 0.586. The summed E-state index contributed by atoms with van der Waals surface area (Å²) in [6, 6.07) is 4.16. The molecule has 1 saturated heterocycles. The van der Waals surface area contributed by atoms with E-state index in [1.165, 1.54) is 29.2 Å². The van der Waals surface area contributed by atoms with Gasteiger partial charge < -0.3 is 20.3 Å². The van der Waals surface area contributed by atoms with Crippen LogP contribution in [0.15, 0.2) is 36.4 Å². The molecule has 3 aliphatic rings. The van der Waals surface area contributed by atoms with Gasteiger partial charge >= 0.3 is 16.3 Å². The third-order valence-electron chi connectivity index (χ3n) is 7.65. The standard InChI is InChI=1S/C29H40ClN5O7S/c1-28(2,3)42-27(39)31-22-11-8-6-4-5-7-10-19-18-29(19,32-24(36)23-12-9-17-35(23)25(22)37)26(38)34-43(40,41)33-21-15-13-20(30)14-16-21/h7,10,13-16,19,22-23,33H,4-6,8-9,11-12,17-18H2,1-3H3,(H,31,39)(H,32,36)(H,34,38)/t19-,22+,23+,29-/m1/s1. The minimum Gasteiger partial charge on any atom is -0.444 e. The minimum atomic E-state index is -4.33. The molecule has 1 aromatic rings. The van der Waals surface area contributed by atoms with Gasteiger partial charge in [0.1, 0.15) is 23.2 Å². The van der Waals surface area contributed by atoms with Gasteiger partial charge in [-0.25, -0.2) is 9.52 Å². The Morgan fingerprint density at radius 2 is 1.79 bits per heavy atom. The van der Waals surface area contributed by atoms with Gasteiger partial charge in [-0.2, -0.15) is 8.42 Å². The summed E-state index contributed by atoms with van der Waals surface area (Å²) in [5.74, 6) is -2.23. The summed E-state index contributed by atoms with van der Waals surface area (Å²) < 4.78 is 35.3. The van der Waals surface area contributed by atoms with E-state index >= 15 is 0 Å². The maximum Gasteiger partial charge on any atom is 0.408 e. The molecule has 4 N–H and O–H groups in total.